The third kappa shape index (κ3) is 3.97. The number of carbonyl (C=O) groups is 2. The van der Waals surface area contributed by atoms with Crippen molar-refractivity contribution < 1.29 is 27.8 Å². The normalized spacial score (nSPS) is 20.3. The van der Waals surface area contributed by atoms with Crippen LogP contribution in [0, 0.1) is 17.6 Å². The van der Waals surface area contributed by atoms with Crippen molar-refractivity contribution in [2.45, 2.75) is 57.6 Å². The maximum absolute atomic E-state index is 14.6. The second kappa shape index (κ2) is 6.52. The zero-order chi connectivity index (χ0) is 19.1. The molecule has 0 heterocycles. The van der Waals surface area contributed by atoms with Crippen LogP contribution in [0.15, 0.2) is 6.07 Å². The molecule has 0 aliphatic heterocycles. The van der Waals surface area contributed by atoms with Crippen LogP contribution in [-0.2, 0) is 22.4 Å². The number of amides is 1. The van der Waals surface area contributed by atoms with Crippen molar-refractivity contribution in [3.8, 4) is 5.75 Å². The topological polar surface area (TPSA) is 64.6 Å². The highest BCUT2D eigenvalue weighted by molar-refractivity contribution is 5.69. The van der Waals surface area contributed by atoms with Gasteiger partial charge in [-0.2, -0.15) is 0 Å². The summed E-state index contributed by atoms with van der Waals surface area (Å²) in [6.45, 7) is 5.31. The van der Waals surface area contributed by atoms with Gasteiger partial charge in [0.25, 0.3) is 0 Å². The first-order valence-corrected chi connectivity index (χ1v) is 8.71. The number of alkyl carbamates (subject to hydrolysis) is 1. The summed E-state index contributed by atoms with van der Waals surface area (Å²) in [4.78, 5) is 22.8. The van der Waals surface area contributed by atoms with Gasteiger partial charge < -0.3 is 19.6 Å². The molecule has 0 radical (unpaired) electrons. The Bertz CT molecular complexity index is 738. The Morgan fingerprint density at radius 2 is 1.96 bits per heavy atom. The minimum atomic E-state index is -0.626. The van der Waals surface area contributed by atoms with Crippen molar-refractivity contribution in [3.63, 3.8) is 0 Å². The van der Waals surface area contributed by atoms with E-state index >= 15 is 0 Å². The molecule has 5 nitrogen and oxygen atoms in total. The Hall–Kier alpha value is -2.18. The van der Waals surface area contributed by atoms with Crippen molar-refractivity contribution in [2.75, 3.05) is 6.61 Å². The predicted octanol–water partition coefficient (Wildman–Crippen LogP) is 3.31. The molecular formula is C19H23F2NO4. The van der Waals surface area contributed by atoms with Gasteiger partial charge in [-0.25, -0.2) is 13.6 Å². The second-order valence-electron chi connectivity index (χ2n) is 8.13. The van der Waals surface area contributed by atoms with E-state index in [1.54, 1.807) is 20.8 Å². The monoisotopic (exact) mass is 367 g/mol. The highest BCUT2D eigenvalue weighted by atomic mass is 19.1. The first-order valence-electron chi connectivity index (χ1n) is 8.71. The minimum Gasteiger partial charge on any atom is -0.488 e. The number of aldehydes is 1. The zero-order valence-corrected chi connectivity index (χ0v) is 15.2. The standard InChI is InChI=1S/C19H23F2NO4/c1-18(2,3)26-17(24)22-19(4-5-19)10-25-15-8-14(20)12-6-11(9-23)7-13(12)16(15)21/h8-9,11H,4-7,10H2,1-3H3,(H,22,24). The van der Waals surface area contributed by atoms with Gasteiger partial charge >= 0.3 is 6.09 Å². The van der Waals surface area contributed by atoms with Gasteiger partial charge in [-0.1, -0.05) is 0 Å². The Balaban J connectivity index is 1.67. The minimum absolute atomic E-state index is 0.0263. The molecule has 1 aromatic carbocycles. The number of fused-ring (bicyclic) bond motifs is 1. The van der Waals surface area contributed by atoms with Crippen LogP contribution in [0.3, 0.4) is 0 Å². The molecule has 2 aliphatic carbocycles. The summed E-state index contributed by atoms with van der Waals surface area (Å²) >= 11 is 0. The zero-order valence-electron chi connectivity index (χ0n) is 15.2. The Labute approximate surface area is 151 Å². The van der Waals surface area contributed by atoms with Crippen LogP contribution in [0.25, 0.3) is 0 Å². The number of hydrogen-bond acceptors (Lipinski definition) is 4. The molecule has 0 saturated heterocycles. The number of benzene rings is 1. The maximum atomic E-state index is 14.6. The maximum Gasteiger partial charge on any atom is 0.408 e. The Morgan fingerprint density at radius 3 is 2.54 bits per heavy atom. The number of hydrogen-bond donors (Lipinski definition) is 1. The van der Waals surface area contributed by atoms with Gasteiger partial charge in [0.2, 0.25) is 0 Å². The molecule has 26 heavy (non-hydrogen) atoms. The van der Waals surface area contributed by atoms with Crippen LogP contribution < -0.4 is 10.1 Å². The summed E-state index contributed by atoms with van der Waals surface area (Å²) in [5, 5.41) is 2.75. The van der Waals surface area contributed by atoms with Crippen molar-refractivity contribution in [2.24, 2.45) is 5.92 Å². The summed E-state index contributed by atoms with van der Waals surface area (Å²) < 4.78 is 39.6. The molecular weight excluding hydrogens is 344 g/mol. The van der Waals surface area contributed by atoms with E-state index in [0.29, 0.717) is 12.8 Å². The van der Waals surface area contributed by atoms with E-state index in [-0.39, 0.29) is 36.3 Å². The van der Waals surface area contributed by atoms with E-state index in [0.717, 1.165) is 12.4 Å². The molecule has 0 aromatic heterocycles. The number of carbonyl (C=O) groups excluding carboxylic acids is 2. The molecule has 0 spiro atoms. The fourth-order valence-electron chi connectivity index (χ4n) is 3.11. The molecule has 1 saturated carbocycles. The SMILES string of the molecule is CC(C)(C)OC(=O)NC1(COc2cc(F)c3c(c2F)CC(C=O)C3)CC1. The van der Waals surface area contributed by atoms with Crippen LogP contribution in [0.1, 0.15) is 44.7 Å². The van der Waals surface area contributed by atoms with Gasteiger partial charge in [-0.05, 0) is 57.6 Å². The molecule has 1 unspecified atom stereocenters. The van der Waals surface area contributed by atoms with E-state index in [4.69, 9.17) is 9.47 Å². The van der Waals surface area contributed by atoms with Crippen LogP contribution in [0.5, 0.6) is 5.75 Å². The molecule has 3 rings (SSSR count). The van der Waals surface area contributed by atoms with Gasteiger partial charge in [0.15, 0.2) is 11.6 Å². The Kier molecular flexibility index (Phi) is 4.67. The number of rotatable bonds is 5. The average Bonchev–Trinajstić information content (AvgIpc) is 3.13. The number of halogens is 2. The van der Waals surface area contributed by atoms with Gasteiger partial charge in [-0.3, -0.25) is 0 Å². The van der Waals surface area contributed by atoms with Crippen molar-refractivity contribution in [3.05, 3.63) is 28.8 Å². The third-order valence-electron chi connectivity index (χ3n) is 4.64. The van der Waals surface area contributed by atoms with Gasteiger partial charge in [0.05, 0.1) is 5.54 Å². The molecule has 1 fully saturated rings. The van der Waals surface area contributed by atoms with Crippen molar-refractivity contribution in [1.29, 1.82) is 0 Å². The summed E-state index contributed by atoms with van der Waals surface area (Å²) in [6.07, 6.45) is 1.91. The van der Waals surface area contributed by atoms with Crippen LogP contribution in [0.4, 0.5) is 13.6 Å². The first-order chi connectivity index (χ1) is 12.1. The predicted molar refractivity (Wildman–Crippen MR) is 90.1 cm³/mol. The molecule has 0 bridgehead atoms. The van der Waals surface area contributed by atoms with Crippen molar-refractivity contribution in [1.82, 2.24) is 5.32 Å². The van der Waals surface area contributed by atoms with Crippen molar-refractivity contribution >= 4 is 12.4 Å². The molecule has 2 aliphatic rings. The lowest BCUT2D eigenvalue weighted by Gasteiger charge is -2.23. The number of ether oxygens (including phenoxy) is 2. The summed E-state index contributed by atoms with van der Waals surface area (Å²) in [5.74, 6) is -1.78. The van der Waals surface area contributed by atoms with E-state index in [2.05, 4.69) is 5.32 Å². The first kappa shape index (κ1) is 18.6. The van der Waals surface area contributed by atoms with Gasteiger partial charge in [-0.15, -0.1) is 0 Å². The van der Waals surface area contributed by atoms with E-state index < -0.39 is 34.8 Å². The quantitative estimate of drug-likeness (QED) is 0.811. The summed E-state index contributed by atoms with van der Waals surface area (Å²) in [5.41, 5.74) is -0.775. The second-order valence-corrected chi connectivity index (χ2v) is 8.13. The largest absolute Gasteiger partial charge is 0.488 e. The van der Waals surface area contributed by atoms with Crippen LogP contribution in [-0.4, -0.2) is 30.1 Å². The number of nitrogens with one attached hydrogen (secondary N) is 1. The fraction of sp³-hybridized carbons (Fsp3) is 0.579. The molecule has 142 valence electrons. The highest BCUT2D eigenvalue weighted by Crippen LogP contribution is 2.39. The molecule has 1 atom stereocenters. The average molecular weight is 367 g/mol. The fourth-order valence-corrected chi connectivity index (χ4v) is 3.11. The van der Waals surface area contributed by atoms with E-state index in [1.165, 1.54) is 0 Å². The van der Waals surface area contributed by atoms with Gasteiger partial charge in [0, 0.05) is 12.0 Å². The lowest BCUT2D eigenvalue weighted by atomic mass is 10.1. The van der Waals surface area contributed by atoms with E-state index in [9.17, 15) is 18.4 Å². The summed E-state index contributed by atoms with van der Waals surface area (Å²) in [7, 11) is 0. The lowest BCUT2D eigenvalue weighted by Crippen LogP contribution is -2.44. The molecule has 1 amide bonds. The lowest BCUT2D eigenvalue weighted by molar-refractivity contribution is -0.110. The smallest absolute Gasteiger partial charge is 0.408 e. The summed E-state index contributed by atoms with van der Waals surface area (Å²) in [6, 6.07) is 1.02. The van der Waals surface area contributed by atoms with Gasteiger partial charge in [0.1, 0.15) is 24.3 Å². The third-order valence-corrected chi connectivity index (χ3v) is 4.64. The van der Waals surface area contributed by atoms with Crippen LogP contribution >= 0.6 is 0 Å². The molecule has 1 aromatic rings. The molecule has 7 heteroatoms. The Morgan fingerprint density at radius 1 is 1.31 bits per heavy atom. The van der Waals surface area contributed by atoms with Crippen LogP contribution in [0.2, 0.25) is 0 Å². The molecule has 1 N–H and O–H groups in total. The van der Waals surface area contributed by atoms with E-state index in [1.807, 2.05) is 0 Å². The highest BCUT2D eigenvalue weighted by Gasteiger charge is 2.46.